The molecule has 0 aromatic heterocycles. The molecular weight excluding hydrogens is 272 g/mol. The first kappa shape index (κ1) is 14.7. The molecule has 0 bridgehead atoms. The van der Waals surface area contributed by atoms with Crippen LogP contribution in [-0.2, 0) is 9.53 Å². The molecule has 3 aliphatic rings. The molecule has 114 valence electrons. The van der Waals surface area contributed by atoms with Crippen LogP contribution in [0.15, 0.2) is 0 Å². The van der Waals surface area contributed by atoms with Gasteiger partial charge in [-0.25, -0.2) is 0 Å². The second-order valence-corrected chi connectivity index (χ2v) is 7.30. The smallest absolute Gasteiger partial charge is 0.240 e. The zero-order valence-electron chi connectivity index (χ0n) is 12.2. The van der Waals surface area contributed by atoms with Crippen molar-refractivity contribution in [3.8, 4) is 0 Å². The number of hydrogen-bond acceptors (Lipinski definition) is 4. The third-order valence-corrected chi connectivity index (χ3v) is 5.81. The predicted molar refractivity (Wildman–Crippen MR) is 82.1 cm³/mol. The molecule has 1 N–H and O–H groups in total. The largest absolute Gasteiger partial charge is 0.376 e. The number of nitrogens with one attached hydrogen (secondary N) is 1. The van der Waals surface area contributed by atoms with Crippen molar-refractivity contribution in [2.24, 2.45) is 0 Å². The van der Waals surface area contributed by atoms with Crippen LogP contribution in [0.1, 0.15) is 38.5 Å². The van der Waals surface area contributed by atoms with Crippen molar-refractivity contribution in [1.29, 1.82) is 0 Å². The highest BCUT2D eigenvalue weighted by Gasteiger charge is 2.34. The van der Waals surface area contributed by atoms with E-state index in [1.807, 2.05) is 11.8 Å². The summed E-state index contributed by atoms with van der Waals surface area (Å²) in [5.74, 6) is 2.62. The van der Waals surface area contributed by atoms with Crippen molar-refractivity contribution in [3.05, 3.63) is 0 Å². The molecule has 3 atom stereocenters. The molecule has 0 aromatic carbocycles. The highest BCUT2D eigenvalue weighted by Crippen LogP contribution is 2.26. The summed E-state index contributed by atoms with van der Waals surface area (Å²) in [5.41, 5.74) is 0. The van der Waals surface area contributed by atoms with Gasteiger partial charge in [-0.15, -0.1) is 0 Å². The normalized spacial score (nSPS) is 34.3. The van der Waals surface area contributed by atoms with E-state index >= 15 is 0 Å². The Morgan fingerprint density at radius 1 is 1.25 bits per heavy atom. The Kier molecular flexibility index (Phi) is 5.24. The maximum absolute atomic E-state index is 12.9. The quantitative estimate of drug-likeness (QED) is 0.857. The van der Waals surface area contributed by atoms with Gasteiger partial charge in [0.15, 0.2) is 0 Å². The molecule has 1 amide bonds. The van der Waals surface area contributed by atoms with Gasteiger partial charge in [0.2, 0.25) is 5.91 Å². The fraction of sp³-hybridized carbons (Fsp3) is 0.933. The summed E-state index contributed by atoms with van der Waals surface area (Å²) in [6, 6.07) is 0.483. The average Bonchev–Trinajstić information content (AvgIpc) is 3.18. The molecule has 3 aliphatic heterocycles. The summed E-state index contributed by atoms with van der Waals surface area (Å²) in [7, 11) is 0. The number of amides is 1. The maximum Gasteiger partial charge on any atom is 0.240 e. The molecule has 3 heterocycles. The fourth-order valence-electron chi connectivity index (χ4n) is 3.46. The molecule has 0 saturated carbocycles. The van der Waals surface area contributed by atoms with Gasteiger partial charge in [0.05, 0.1) is 12.1 Å². The first-order valence-electron chi connectivity index (χ1n) is 8.08. The lowest BCUT2D eigenvalue weighted by atomic mass is 10.0. The predicted octanol–water partition coefficient (Wildman–Crippen LogP) is 1.64. The third kappa shape index (κ3) is 3.49. The molecule has 2 unspecified atom stereocenters. The van der Waals surface area contributed by atoms with Gasteiger partial charge < -0.3 is 15.0 Å². The SMILES string of the molecule is O=C([C@H]1CCCCN1)N(CC1CCCO1)C1CCSC1. The number of rotatable bonds is 4. The Morgan fingerprint density at radius 3 is 2.85 bits per heavy atom. The van der Waals surface area contributed by atoms with Crippen LogP contribution in [0.3, 0.4) is 0 Å². The van der Waals surface area contributed by atoms with Crippen LogP contribution < -0.4 is 5.32 Å². The minimum absolute atomic E-state index is 0.0516. The topological polar surface area (TPSA) is 41.6 Å². The highest BCUT2D eigenvalue weighted by molar-refractivity contribution is 7.99. The van der Waals surface area contributed by atoms with Crippen molar-refractivity contribution in [3.63, 3.8) is 0 Å². The summed E-state index contributed by atoms with van der Waals surface area (Å²) in [5, 5.41) is 3.41. The molecule has 4 nitrogen and oxygen atoms in total. The molecule has 0 aromatic rings. The van der Waals surface area contributed by atoms with Gasteiger partial charge in [-0.05, 0) is 44.4 Å². The van der Waals surface area contributed by atoms with Crippen molar-refractivity contribution in [2.75, 3.05) is 31.2 Å². The molecule has 3 fully saturated rings. The lowest BCUT2D eigenvalue weighted by Gasteiger charge is -2.35. The molecule has 0 radical (unpaired) electrons. The van der Waals surface area contributed by atoms with Crippen LogP contribution in [0.25, 0.3) is 0 Å². The third-order valence-electron chi connectivity index (χ3n) is 4.66. The summed E-state index contributed by atoms with van der Waals surface area (Å²) in [6.07, 6.45) is 7.06. The van der Waals surface area contributed by atoms with E-state index in [2.05, 4.69) is 10.2 Å². The van der Waals surface area contributed by atoms with Crippen molar-refractivity contribution in [1.82, 2.24) is 10.2 Å². The number of ether oxygens (including phenoxy) is 1. The Labute approximate surface area is 126 Å². The Balaban J connectivity index is 1.64. The van der Waals surface area contributed by atoms with Gasteiger partial charge >= 0.3 is 0 Å². The van der Waals surface area contributed by atoms with Crippen molar-refractivity contribution in [2.45, 2.75) is 56.7 Å². The van der Waals surface area contributed by atoms with Gasteiger partial charge in [-0.1, -0.05) is 6.42 Å². The fourth-order valence-corrected chi connectivity index (χ4v) is 4.68. The number of hydrogen-bond donors (Lipinski definition) is 1. The Bertz CT molecular complexity index is 322. The van der Waals surface area contributed by atoms with Crippen LogP contribution in [0.5, 0.6) is 0 Å². The monoisotopic (exact) mass is 298 g/mol. The summed E-state index contributed by atoms with van der Waals surface area (Å²) < 4.78 is 5.76. The number of thioether (sulfide) groups is 1. The van der Waals surface area contributed by atoms with Crippen LogP contribution in [0.2, 0.25) is 0 Å². The number of carbonyl (C=O) groups excluding carboxylic acids is 1. The van der Waals surface area contributed by atoms with Gasteiger partial charge in [0.1, 0.15) is 0 Å². The highest BCUT2D eigenvalue weighted by atomic mass is 32.2. The molecule has 5 heteroatoms. The van der Waals surface area contributed by atoms with Gasteiger partial charge in [-0.3, -0.25) is 4.79 Å². The molecule has 0 spiro atoms. The van der Waals surface area contributed by atoms with Crippen molar-refractivity contribution >= 4 is 17.7 Å². The van der Waals surface area contributed by atoms with E-state index in [0.29, 0.717) is 11.9 Å². The van der Waals surface area contributed by atoms with Crippen molar-refractivity contribution < 1.29 is 9.53 Å². The summed E-state index contributed by atoms with van der Waals surface area (Å²) in [6.45, 7) is 2.67. The molecular formula is C15H26N2O2S. The van der Waals surface area contributed by atoms with E-state index in [4.69, 9.17) is 4.74 Å². The lowest BCUT2D eigenvalue weighted by molar-refractivity contribution is -0.137. The second-order valence-electron chi connectivity index (χ2n) is 6.15. The van der Waals surface area contributed by atoms with Crippen LogP contribution >= 0.6 is 11.8 Å². The van der Waals surface area contributed by atoms with Gasteiger partial charge in [0.25, 0.3) is 0 Å². The van der Waals surface area contributed by atoms with E-state index in [9.17, 15) is 4.79 Å². The average molecular weight is 298 g/mol. The van der Waals surface area contributed by atoms with E-state index in [1.54, 1.807) is 0 Å². The first-order valence-corrected chi connectivity index (χ1v) is 9.23. The Morgan fingerprint density at radius 2 is 2.20 bits per heavy atom. The van der Waals surface area contributed by atoms with E-state index < -0.39 is 0 Å². The second kappa shape index (κ2) is 7.14. The zero-order chi connectivity index (χ0) is 13.8. The molecule has 20 heavy (non-hydrogen) atoms. The molecule has 3 saturated heterocycles. The minimum Gasteiger partial charge on any atom is -0.376 e. The zero-order valence-corrected chi connectivity index (χ0v) is 13.0. The Hall–Kier alpha value is -0.260. The van der Waals surface area contributed by atoms with E-state index in [1.165, 1.54) is 18.6 Å². The number of carbonyl (C=O) groups is 1. The molecule has 0 aliphatic carbocycles. The number of piperidine rings is 1. The molecule has 3 rings (SSSR count). The standard InChI is InChI=1S/C15H26N2O2S/c18-15(14-5-1-2-7-16-14)17(12-6-9-20-11-12)10-13-4-3-8-19-13/h12-14,16H,1-11H2/t12?,13?,14-/m1/s1. The van der Waals surface area contributed by atoms with E-state index in [0.717, 1.165) is 51.1 Å². The summed E-state index contributed by atoms with van der Waals surface area (Å²) >= 11 is 1.98. The van der Waals surface area contributed by atoms with E-state index in [-0.39, 0.29) is 12.1 Å². The van der Waals surface area contributed by atoms with Gasteiger partial charge in [-0.2, -0.15) is 11.8 Å². The van der Waals surface area contributed by atoms with Crippen LogP contribution in [0.4, 0.5) is 0 Å². The van der Waals surface area contributed by atoms with Crippen LogP contribution in [0, 0.1) is 0 Å². The lowest BCUT2D eigenvalue weighted by Crippen LogP contribution is -2.53. The van der Waals surface area contributed by atoms with Gasteiger partial charge in [0, 0.05) is 24.9 Å². The summed E-state index contributed by atoms with van der Waals surface area (Å²) in [4.78, 5) is 15.0. The van der Waals surface area contributed by atoms with Crippen LogP contribution in [-0.4, -0.2) is 60.2 Å². The maximum atomic E-state index is 12.9. The number of nitrogens with zero attached hydrogens (tertiary/aromatic N) is 1. The minimum atomic E-state index is 0.0516. The first-order chi connectivity index (χ1) is 9.84.